The Labute approximate surface area is 97.3 Å². The first-order valence-electron chi connectivity index (χ1n) is 4.88. The van der Waals surface area contributed by atoms with Crippen molar-refractivity contribution in [3.63, 3.8) is 0 Å². The van der Waals surface area contributed by atoms with Gasteiger partial charge >= 0.3 is 0 Å². The van der Waals surface area contributed by atoms with Gasteiger partial charge in [0.15, 0.2) is 0 Å². The van der Waals surface area contributed by atoms with Crippen LogP contribution in [0, 0.1) is 0 Å². The van der Waals surface area contributed by atoms with Crippen LogP contribution in [0.2, 0.25) is 0 Å². The Morgan fingerprint density at radius 1 is 1.12 bits per heavy atom. The number of nitrogens with zero attached hydrogens (tertiary/aromatic N) is 1. The zero-order chi connectivity index (χ0) is 11.7. The highest BCUT2D eigenvalue weighted by atomic mass is 32.1. The fraction of sp³-hybridized carbons (Fsp3) is 0.167. The molecule has 0 radical (unpaired) electrons. The predicted molar refractivity (Wildman–Crippen MR) is 65.7 cm³/mol. The zero-order valence-electron chi connectivity index (χ0n) is 9.06. The molecule has 0 bridgehead atoms. The van der Waals surface area contributed by atoms with E-state index in [9.17, 15) is 9.59 Å². The molecular formula is C12H11NO2S. The molecule has 4 heteroatoms. The molecule has 2 aromatic rings. The van der Waals surface area contributed by atoms with Gasteiger partial charge < -0.3 is 0 Å². The van der Waals surface area contributed by atoms with E-state index in [2.05, 4.69) is 0 Å². The summed E-state index contributed by atoms with van der Waals surface area (Å²) < 4.78 is 1.07. The van der Waals surface area contributed by atoms with Crippen LogP contribution in [0.1, 0.15) is 13.8 Å². The van der Waals surface area contributed by atoms with E-state index in [1.165, 1.54) is 30.1 Å². The summed E-state index contributed by atoms with van der Waals surface area (Å²) in [5.41, 5.74) is 0.681. The summed E-state index contributed by atoms with van der Waals surface area (Å²) in [4.78, 5) is 24.1. The molecule has 0 aliphatic rings. The number of carbonyl (C=O) groups excluding carboxylic acids is 2. The van der Waals surface area contributed by atoms with Crippen molar-refractivity contribution >= 4 is 38.9 Å². The first kappa shape index (κ1) is 10.8. The monoisotopic (exact) mass is 233 g/mol. The number of hydrogen-bond acceptors (Lipinski definition) is 3. The molecule has 0 aliphatic carbocycles. The summed E-state index contributed by atoms with van der Waals surface area (Å²) in [6.45, 7) is 2.79. The third-order valence-electron chi connectivity index (χ3n) is 2.33. The molecule has 1 aromatic carbocycles. The molecule has 1 aromatic heterocycles. The Bertz CT molecular complexity index is 545. The summed E-state index contributed by atoms with van der Waals surface area (Å²) in [5.74, 6) is -0.507. The highest BCUT2D eigenvalue weighted by Crippen LogP contribution is 2.32. The molecular weight excluding hydrogens is 222 g/mol. The minimum atomic E-state index is -0.254. The molecule has 0 unspecified atom stereocenters. The van der Waals surface area contributed by atoms with Gasteiger partial charge in [0.1, 0.15) is 0 Å². The Morgan fingerprint density at radius 3 is 2.38 bits per heavy atom. The van der Waals surface area contributed by atoms with E-state index in [1.807, 2.05) is 29.6 Å². The number of amides is 2. The van der Waals surface area contributed by atoms with Crippen LogP contribution in [0.5, 0.6) is 0 Å². The summed E-state index contributed by atoms with van der Waals surface area (Å²) in [5, 5.41) is 2.78. The van der Waals surface area contributed by atoms with E-state index in [1.54, 1.807) is 0 Å². The first-order chi connectivity index (χ1) is 7.61. The second kappa shape index (κ2) is 4.06. The van der Waals surface area contributed by atoms with E-state index in [0.717, 1.165) is 10.1 Å². The van der Waals surface area contributed by atoms with E-state index in [0.29, 0.717) is 5.69 Å². The number of benzene rings is 1. The van der Waals surface area contributed by atoms with Gasteiger partial charge in [-0.25, -0.2) is 4.90 Å². The third kappa shape index (κ3) is 1.72. The van der Waals surface area contributed by atoms with Gasteiger partial charge in [-0.15, -0.1) is 11.3 Å². The van der Waals surface area contributed by atoms with Crippen molar-refractivity contribution in [2.24, 2.45) is 0 Å². The molecule has 1 heterocycles. The molecule has 0 aliphatic heterocycles. The summed E-state index contributed by atoms with van der Waals surface area (Å²) in [7, 11) is 0. The molecule has 2 rings (SSSR count). The van der Waals surface area contributed by atoms with Gasteiger partial charge in [0.2, 0.25) is 11.8 Å². The van der Waals surface area contributed by atoms with Gasteiger partial charge in [-0.3, -0.25) is 9.59 Å². The zero-order valence-corrected chi connectivity index (χ0v) is 9.88. The van der Waals surface area contributed by atoms with Crippen molar-refractivity contribution in [1.82, 2.24) is 0 Å². The van der Waals surface area contributed by atoms with Crippen LogP contribution >= 0.6 is 11.3 Å². The summed E-state index contributed by atoms with van der Waals surface area (Å²) >= 11 is 1.53. The summed E-state index contributed by atoms with van der Waals surface area (Å²) in [6, 6.07) is 7.73. The topological polar surface area (TPSA) is 37.4 Å². The Hall–Kier alpha value is -1.68. The fourth-order valence-corrected chi connectivity index (χ4v) is 2.63. The van der Waals surface area contributed by atoms with Crippen molar-refractivity contribution in [2.75, 3.05) is 4.90 Å². The number of imide groups is 1. The minimum absolute atomic E-state index is 0.254. The molecule has 2 amide bonds. The summed E-state index contributed by atoms with van der Waals surface area (Å²) in [6.07, 6.45) is 0. The van der Waals surface area contributed by atoms with Crippen LogP contribution in [0.25, 0.3) is 10.1 Å². The van der Waals surface area contributed by atoms with Crippen molar-refractivity contribution in [3.05, 3.63) is 29.6 Å². The van der Waals surface area contributed by atoms with Gasteiger partial charge in [0, 0.05) is 29.3 Å². The number of anilines is 1. The molecule has 0 saturated carbocycles. The highest BCUT2D eigenvalue weighted by molar-refractivity contribution is 7.17. The highest BCUT2D eigenvalue weighted by Gasteiger charge is 2.19. The number of rotatable bonds is 1. The normalized spacial score (nSPS) is 10.4. The second-order valence-corrected chi connectivity index (χ2v) is 4.40. The van der Waals surface area contributed by atoms with Crippen LogP contribution in [0.3, 0.4) is 0 Å². The first-order valence-corrected chi connectivity index (χ1v) is 5.76. The molecule has 0 fully saturated rings. The van der Waals surface area contributed by atoms with Crippen molar-refractivity contribution in [2.45, 2.75) is 13.8 Å². The maximum absolute atomic E-state index is 11.4. The lowest BCUT2D eigenvalue weighted by molar-refractivity contribution is -0.124. The van der Waals surface area contributed by atoms with Gasteiger partial charge in [-0.05, 0) is 6.07 Å². The fourth-order valence-electron chi connectivity index (χ4n) is 1.70. The van der Waals surface area contributed by atoms with Gasteiger partial charge in [-0.2, -0.15) is 0 Å². The quantitative estimate of drug-likeness (QED) is 0.759. The van der Waals surface area contributed by atoms with Gasteiger partial charge in [-0.1, -0.05) is 18.2 Å². The smallest absolute Gasteiger partial charge is 0.230 e. The molecule has 0 atom stereocenters. The van der Waals surface area contributed by atoms with Crippen LogP contribution in [-0.4, -0.2) is 11.8 Å². The minimum Gasteiger partial charge on any atom is -0.274 e. The number of carbonyl (C=O) groups is 2. The number of thiophene rings is 1. The van der Waals surface area contributed by atoms with Crippen molar-refractivity contribution in [3.8, 4) is 0 Å². The average molecular weight is 233 g/mol. The Morgan fingerprint density at radius 2 is 1.75 bits per heavy atom. The Kier molecular flexibility index (Phi) is 2.75. The second-order valence-electron chi connectivity index (χ2n) is 3.49. The molecule has 16 heavy (non-hydrogen) atoms. The lowest BCUT2D eigenvalue weighted by atomic mass is 10.2. The van der Waals surface area contributed by atoms with E-state index < -0.39 is 0 Å². The van der Waals surface area contributed by atoms with Crippen LogP contribution in [-0.2, 0) is 9.59 Å². The van der Waals surface area contributed by atoms with Crippen LogP contribution < -0.4 is 4.90 Å². The Balaban J connectivity index is 2.61. The van der Waals surface area contributed by atoms with Crippen LogP contribution in [0.4, 0.5) is 5.69 Å². The standard InChI is InChI=1S/C12H11NO2S/c1-8(14)13(9(2)15)11-7-16-12-6-4-3-5-10(11)12/h3-7H,1-2H3. The maximum Gasteiger partial charge on any atom is 0.230 e. The largest absolute Gasteiger partial charge is 0.274 e. The van der Waals surface area contributed by atoms with E-state index in [-0.39, 0.29) is 11.8 Å². The van der Waals surface area contributed by atoms with E-state index in [4.69, 9.17) is 0 Å². The lowest BCUT2D eigenvalue weighted by Gasteiger charge is -2.15. The SMILES string of the molecule is CC(=O)N(C(C)=O)c1csc2ccccc12. The van der Waals surface area contributed by atoms with E-state index >= 15 is 0 Å². The average Bonchev–Trinajstić information content (AvgIpc) is 2.61. The number of hydrogen-bond donors (Lipinski definition) is 0. The maximum atomic E-state index is 11.4. The molecule has 82 valence electrons. The molecule has 0 spiro atoms. The predicted octanol–water partition coefficient (Wildman–Crippen LogP) is 2.80. The lowest BCUT2D eigenvalue weighted by Crippen LogP contribution is -2.32. The number of fused-ring (bicyclic) bond motifs is 1. The van der Waals surface area contributed by atoms with Crippen molar-refractivity contribution in [1.29, 1.82) is 0 Å². The molecule has 3 nitrogen and oxygen atoms in total. The third-order valence-corrected chi connectivity index (χ3v) is 3.28. The van der Waals surface area contributed by atoms with Gasteiger partial charge in [0.25, 0.3) is 0 Å². The van der Waals surface area contributed by atoms with Crippen LogP contribution in [0.15, 0.2) is 29.6 Å². The van der Waals surface area contributed by atoms with Crippen molar-refractivity contribution < 1.29 is 9.59 Å². The molecule has 0 saturated heterocycles. The van der Waals surface area contributed by atoms with Gasteiger partial charge in [0.05, 0.1) is 5.69 Å². The molecule has 0 N–H and O–H groups in total.